The molecule has 0 unspecified atom stereocenters. The molecule has 0 atom stereocenters. The number of carbonyl (C=O) groups is 1. The molecule has 2 aromatic rings. The molecule has 1 N–H and O–H groups in total. The van der Waals surface area contributed by atoms with E-state index < -0.39 is 6.09 Å². The van der Waals surface area contributed by atoms with Gasteiger partial charge in [-0.15, -0.1) is 0 Å². The van der Waals surface area contributed by atoms with E-state index in [-0.39, 0.29) is 0 Å². The monoisotopic (exact) mass is 192 g/mol. The molecule has 14 heavy (non-hydrogen) atoms. The highest BCUT2D eigenvalue weighted by molar-refractivity contribution is 5.90. The van der Waals surface area contributed by atoms with Crippen LogP contribution in [0.25, 0.3) is 10.9 Å². The number of carboxylic acid groups (broad SMARTS) is 1. The van der Waals surface area contributed by atoms with Gasteiger partial charge in [0.2, 0.25) is 0 Å². The van der Waals surface area contributed by atoms with E-state index in [1.54, 1.807) is 18.2 Å². The van der Waals surface area contributed by atoms with Gasteiger partial charge < -0.3 is 9.84 Å². The quantitative estimate of drug-likeness (QED) is 0.744. The van der Waals surface area contributed by atoms with Crippen molar-refractivity contribution in [1.29, 1.82) is 0 Å². The Bertz CT molecular complexity index is 490. The van der Waals surface area contributed by atoms with Gasteiger partial charge >= 0.3 is 6.09 Å². The first-order chi connectivity index (χ1) is 6.74. The van der Waals surface area contributed by atoms with Crippen molar-refractivity contribution in [3.05, 3.63) is 24.4 Å². The number of hydrogen-bond acceptors (Lipinski definition) is 3. The molecule has 2 rings (SSSR count). The zero-order valence-corrected chi connectivity index (χ0v) is 7.47. The minimum Gasteiger partial charge on any atom is -0.496 e. The lowest BCUT2D eigenvalue weighted by atomic mass is 10.2. The van der Waals surface area contributed by atoms with Crippen LogP contribution >= 0.6 is 0 Å². The van der Waals surface area contributed by atoms with Crippen molar-refractivity contribution in [3.8, 4) is 5.75 Å². The van der Waals surface area contributed by atoms with E-state index in [1.165, 1.54) is 13.3 Å². The number of rotatable bonds is 1. The summed E-state index contributed by atoms with van der Waals surface area (Å²) in [5.74, 6) is 0.620. The van der Waals surface area contributed by atoms with Crippen molar-refractivity contribution in [2.45, 2.75) is 0 Å². The van der Waals surface area contributed by atoms with E-state index in [0.717, 1.165) is 4.68 Å². The van der Waals surface area contributed by atoms with E-state index in [2.05, 4.69) is 5.10 Å². The van der Waals surface area contributed by atoms with Gasteiger partial charge in [0.15, 0.2) is 0 Å². The maximum Gasteiger partial charge on any atom is 0.432 e. The molecule has 0 radical (unpaired) electrons. The van der Waals surface area contributed by atoms with Gasteiger partial charge in [-0.1, -0.05) is 6.07 Å². The second-order valence-electron chi connectivity index (χ2n) is 2.73. The van der Waals surface area contributed by atoms with Crippen molar-refractivity contribution < 1.29 is 14.6 Å². The van der Waals surface area contributed by atoms with Crippen LogP contribution in [0.15, 0.2) is 24.4 Å². The van der Waals surface area contributed by atoms with Gasteiger partial charge in [0.05, 0.1) is 24.2 Å². The van der Waals surface area contributed by atoms with Crippen LogP contribution in [-0.4, -0.2) is 28.1 Å². The Hall–Kier alpha value is -2.04. The van der Waals surface area contributed by atoms with Gasteiger partial charge in [0.1, 0.15) is 5.75 Å². The number of ether oxygens (including phenoxy) is 1. The van der Waals surface area contributed by atoms with Crippen LogP contribution in [0.4, 0.5) is 4.79 Å². The molecule has 72 valence electrons. The molecule has 0 aliphatic heterocycles. The van der Waals surface area contributed by atoms with Crippen molar-refractivity contribution in [3.63, 3.8) is 0 Å². The summed E-state index contributed by atoms with van der Waals surface area (Å²) in [5, 5.41) is 13.2. The average Bonchev–Trinajstić information content (AvgIpc) is 2.60. The highest BCUT2D eigenvalue weighted by Crippen LogP contribution is 2.24. The molecule has 5 nitrogen and oxygen atoms in total. The van der Waals surface area contributed by atoms with E-state index in [9.17, 15) is 4.79 Å². The summed E-state index contributed by atoms with van der Waals surface area (Å²) < 4.78 is 5.99. The molecule has 1 heterocycles. The maximum atomic E-state index is 10.7. The number of benzene rings is 1. The molecular formula is C9H8N2O3. The predicted octanol–water partition coefficient (Wildman–Crippen LogP) is 1.57. The van der Waals surface area contributed by atoms with Gasteiger partial charge in [-0.3, -0.25) is 0 Å². The fourth-order valence-corrected chi connectivity index (χ4v) is 1.35. The highest BCUT2D eigenvalue weighted by atomic mass is 16.5. The largest absolute Gasteiger partial charge is 0.496 e. The Balaban J connectivity index is 2.75. The van der Waals surface area contributed by atoms with Crippen LogP contribution in [0.3, 0.4) is 0 Å². The molecule has 1 aromatic heterocycles. The Labute approximate surface area is 79.5 Å². The third-order valence-corrected chi connectivity index (χ3v) is 1.97. The summed E-state index contributed by atoms with van der Waals surface area (Å²) in [7, 11) is 1.53. The number of hydrogen-bond donors (Lipinski definition) is 1. The first kappa shape index (κ1) is 8.55. The molecule has 0 bridgehead atoms. The first-order valence-corrected chi connectivity index (χ1v) is 3.98. The van der Waals surface area contributed by atoms with Gasteiger partial charge in [-0.2, -0.15) is 9.78 Å². The van der Waals surface area contributed by atoms with E-state index in [4.69, 9.17) is 9.84 Å². The molecule has 0 spiro atoms. The summed E-state index contributed by atoms with van der Waals surface area (Å²) in [6.07, 6.45) is 0.371. The first-order valence-electron chi connectivity index (χ1n) is 3.98. The normalized spacial score (nSPS) is 10.4. The van der Waals surface area contributed by atoms with E-state index in [0.29, 0.717) is 16.7 Å². The maximum absolute atomic E-state index is 10.7. The van der Waals surface area contributed by atoms with Crippen LogP contribution < -0.4 is 4.74 Å². The van der Waals surface area contributed by atoms with Crippen LogP contribution in [0.1, 0.15) is 0 Å². The molecule has 5 heteroatoms. The zero-order chi connectivity index (χ0) is 10.1. The molecule has 0 aliphatic rings. The van der Waals surface area contributed by atoms with Crippen molar-refractivity contribution in [2.24, 2.45) is 0 Å². The summed E-state index contributed by atoms with van der Waals surface area (Å²) in [5.41, 5.74) is 0.525. The van der Waals surface area contributed by atoms with Gasteiger partial charge in [0, 0.05) is 0 Å². The zero-order valence-electron chi connectivity index (χ0n) is 7.47. The lowest BCUT2D eigenvalue weighted by Gasteiger charge is -2.00. The van der Waals surface area contributed by atoms with Crippen molar-refractivity contribution >= 4 is 17.0 Å². The number of nitrogens with zero attached hydrogens (tertiary/aromatic N) is 2. The standard InChI is InChI=1S/C9H8N2O3/c1-14-8-4-2-3-7-6(8)5-10-11(7)9(12)13/h2-5H,1H3,(H,12,13). The summed E-state index contributed by atoms with van der Waals surface area (Å²) in [6, 6.07) is 5.16. The Morgan fingerprint density at radius 1 is 1.57 bits per heavy atom. The van der Waals surface area contributed by atoms with Gasteiger partial charge in [-0.25, -0.2) is 4.79 Å². The fraction of sp³-hybridized carbons (Fsp3) is 0.111. The SMILES string of the molecule is COc1cccc2c1cnn2C(=O)O. The van der Waals surface area contributed by atoms with Crippen LogP contribution in [0.2, 0.25) is 0 Å². The Kier molecular flexibility index (Phi) is 1.85. The second-order valence-corrected chi connectivity index (χ2v) is 2.73. The summed E-state index contributed by atoms with van der Waals surface area (Å²) >= 11 is 0. The van der Waals surface area contributed by atoms with Crippen molar-refractivity contribution in [1.82, 2.24) is 9.78 Å². The molecular weight excluding hydrogens is 184 g/mol. The number of aromatic nitrogens is 2. The van der Waals surface area contributed by atoms with E-state index in [1.807, 2.05) is 0 Å². The molecule has 0 fully saturated rings. The molecule has 0 saturated carbocycles. The minimum absolute atomic E-state index is 0.525. The summed E-state index contributed by atoms with van der Waals surface area (Å²) in [4.78, 5) is 10.7. The minimum atomic E-state index is -1.10. The molecule has 0 saturated heterocycles. The summed E-state index contributed by atoms with van der Waals surface area (Å²) in [6.45, 7) is 0. The third-order valence-electron chi connectivity index (χ3n) is 1.97. The fourth-order valence-electron chi connectivity index (χ4n) is 1.35. The Morgan fingerprint density at radius 2 is 2.36 bits per heavy atom. The smallest absolute Gasteiger partial charge is 0.432 e. The number of fused-ring (bicyclic) bond motifs is 1. The second kappa shape index (κ2) is 3.02. The predicted molar refractivity (Wildman–Crippen MR) is 49.7 cm³/mol. The lowest BCUT2D eigenvalue weighted by Crippen LogP contribution is -2.08. The topological polar surface area (TPSA) is 64.4 Å². The van der Waals surface area contributed by atoms with E-state index >= 15 is 0 Å². The van der Waals surface area contributed by atoms with Gasteiger partial charge in [-0.05, 0) is 12.1 Å². The third kappa shape index (κ3) is 1.10. The number of methoxy groups -OCH3 is 1. The lowest BCUT2D eigenvalue weighted by molar-refractivity contribution is 0.194. The average molecular weight is 192 g/mol. The van der Waals surface area contributed by atoms with Crippen LogP contribution in [0.5, 0.6) is 5.75 Å². The highest BCUT2D eigenvalue weighted by Gasteiger charge is 2.10. The molecule has 0 aliphatic carbocycles. The van der Waals surface area contributed by atoms with Crippen molar-refractivity contribution in [2.75, 3.05) is 7.11 Å². The van der Waals surface area contributed by atoms with Crippen LogP contribution in [0, 0.1) is 0 Å². The Morgan fingerprint density at radius 3 is 3.00 bits per heavy atom. The molecule has 1 aromatic carbocycles. The van der Waals surface area contributed by atoms with Gasteiger partial charge in [0.25, 0.3) is 0 Å². The molecule has 0 amide bonds. The van der Waals surface area contributed by atoms with Crippen LogP contribution in [-0.2, 0) is 0 Å².